The van der Waals surface area contributed by atoms with E-state index in [4.69, 9.17) is 0 Å². The molecule has 0 aliphatic carbocycles. The number of fused-ring (bicyclic) bond motifs is 1. The van der Waals surface area contributed by atoms with Crippen molar-refractivity contribution in [3.8, 4) is 0 Å². The van der Waals surface area contributed by atoms with E-state index >= 15 is 0 Å². The number of H-pyrrole nitrogens is 1. The third-order valence-electron chi connectivity index (χ3n) is 5.17. The van der Waals surface area contributed by atoms with Crippen LogP contribution in [-0.4, -0.2) is 56.4 Å². The van der Waals surface area contributed by atoms with Gasteiger partial charge in [0.25, 0.3) is 0 Å². The number of hydrogen-bond donors (Lipinski definition) is 1. The minimum absolute atomic E-state index is 0.292. The number of aromatic nitrogens is 1. The van der Waals surface area contributed by atoms with Crippen LogP contribution in [0.15, 0.2) is 62.9 Å². The first kappa shape index (κ1) is 18.7. The number of nitrogens with zero attached hydrogens (tertiary/aromatic N) is 2. The summed E-state index contributed by atoms with van der Waals surface area (Å²) < 4.78 is 26.8. The van der Waals surface area contributed by atoms with Crippen molar-refractivity contribution in [1.29, 1.82) is 0 Å². The summed E-state index contributed by atoms with van der Waals surface area (Å²) in [6.07, 6.45) is 2.00. The zero-order valence-electron chi connectivity index (χ0n) is 15.2. The van der Waals surface area contributed by atoms with Gasteiger partial charge in [0.2, 0.25) is 9.84 Å². The molecular weight excluding hydrogens is 426 g/mol. The molecule has 5 nitrogen and oxygen atoms in total. The maximum Gasteiger partial charge on any atom is 0.207 e. The molecule has 27 heavy (non-hydrogen) atoms. The first-order valence-corrected chi connectivity index (χ1v) is 11.2. The zero-order valence-corrected chi connectivity index (χ0v) is 17.6. The van der Waals surface area contributed by atoms with E-state index in [0.29, 0.717) is 14.3 Å². The van der Waals surface area contributed by atoms with E-state index in [1.165, 1.54) is 0 Å². The van der Waals surface area contributed by atoms with Crippen LogP contribution in [0.25, 0.3) is 10.9 Å². The standard InChI is InChI=1S/C20H22BrN3O2S/c1-23-8-10-24(11-9-23)14-15-13-22-19-7-6-16(12-17(15)19)27(25,26)20-5-3-2-4-18(20)21/h2-7,12-13,22H,8-11,14H2,1H3. The number of halogens is 1. The van der Waals surface area contributed by atoms with E-state index in [1.54, 1.807) is 30.3 Å². The van der Waals surface area contributed by atoms with Gasteiger partial charge in [0, 0.05) is 54.3 Å². The molecule has 1 N–H and O–H groups in total. The van der Waals surface area contributed by atoms with Gasteiger partial charge in [0.15, 0.2) is 0 Å². The van der Waals surface area contributed by atoms with Crippen LogP contribution in [0.4, 0.5) is 0 Å². The van der Waals surface area contributed by atoms with E-state index in [-0.39, 0.29) is 0 Å². The molecule has 2 aromatic carbocycles. The molecule has 0 unspecified atom stereocenters. The second-order valence-corrected chi connectivity index (χ2v) is 9.81. The van der Waals surface area contributed by atoms with Gasteiger partial charge in [-0.05, 0) is 58.9 Å². The summed E-state index contributed by atoms with van der Waals surface area (Å²) in [5.74, 6) is 0. The van der Waals surface area contributed by atoms with Crippen LogP contribution in [0.3, 0.4) is 0 Å². The Kier molecular flexibility index (Phi) is 5.11. The monoisotopic (exact) mass is 447 g/mol. The van der Waals surface area contributed by atoms with Gasteiger partial charge < -0.3 is 9.88 Å². The van der Waals surface area contributed by atoms with Crippen molar-refractivity contribution in [1.82, 2.24) is 14.8 Å². The molecule has 0 atom stereocenters. The molecule has 2 heterocycles. The Morgan fingerprint density at radius 3 is 2.56 bits per heavy atom. The van der Waals surface area contributed by atoms with Crippen LogP contribution in [0, 0.1) is 0 Å². The number of benzene rings is 2. The van der Waals surface area contributed by atoms with Crippen LogP contribution >= 0.6 is 15.9 Å². The molecule has 1 aromatic heterocycles. The third-order valence-corrected chi connectivity index (χ3v) is 7.93. The van der Waals surface area contributed by atoms with Gasteiger partial charge in [-0.2, -0.15) is 0 Å². The number of aromatic amines is 1. The van der Waals surface area contributed by atoms with Crippen molar-refractivity contribution >= 4 is 36.7 Å². The highest BCUT2D eigenvalue weighted by Gasteiger charge is 2.22. The van der Waals surface area contributed by atoms with Crippen LogP contribution in [0.2, 0.25) is 0 Å². The molecule has 3 aromatic rings. The summed E-state index contributed by atoms with van der Waals surface area (Å²) in [4.78, 5) is 8.63. The lowest BCUT2D eigenvalue weighted by Crippen LogP contribution is -2.43. The fraction of sp³-hybridized carbons (Fsp3) is 0.300. The second kappa shape index (κ2) is 7.39. The summed E-state index contributed by atoms with van der Waals surface area (Å²) in [6, 6.07) is 12.3. The van der Waals surface area contributed by atoms with Crippen molar-refractivity contribution in [2.45, 2.75) is 16.3 Å². The first-order chi connectivity index (χ1) is 12.9. The highest BCUT2D eigenvalue weighted by atomic mass is 79.9. The van der Waals surface area contributed by atoms with Crippen molar-refractivity contribution in [2.24, 2.45) is 0 Å². The van der Waals surface area contributed by atoms with Crippen LogP contribution in [-0.2, 0) is 16.4 Å². The number of rotatable bonds is 4. The van der Waals surface area contributed by atoms with E-state index in [1.807, 2.05) is 18.3 Å². The lowest BCUT2D eigenvalue weighted by Gasteiger charge is -2.32. The molecule has 0 amide bonds. The molecule has 0 saturated carbocycles. The quantitative estimate of drug-likeness (QED) is 0.664. The summed E-state index contributed by atoms with van der Waals surface area (Å²) >= 11 is 3.36. The first-order valence-electron chi connectivity index (χ1n) is 8.96. The fourth-order valence-electron chi connectivity index (χ4n) is 3.49. The van der Waals surface area contributed by atoms with Crippen molar-refractivity contribution in [3.05, 3.63) is 58.7 Å². The number of nitrogens with one attached hydrogen (secondary N) is 1. The minimum Gasteiger partial charge on any atom is -0.361 e. The molecule has 4 rings (SSSR count). The summed E-state index contributed by atoms with van der Waals surface area (Å²) in [5, 5.41) is 0.974. The second-order valence-electron chi connectivity index (χ2n) is 7.03. The lowest BCUT2D eigenvalue weighted by molar-refractivity contribution is 0.148. The minimum atomic E-state index is -3.58. The van der Waals surface area contributed by atoms with E-state index < -0.39 is 9.84 Å². The van der Waals surface area contributed by atoms with Crippen LogP contribution in [0.5, 0.6) is 0 Å². The molecule has 0 bridgehead atoms. The molecule has 1 fully saturated rings. The number of hydrogen-bond acceptors (Lipinski definition) is 4. The van der Waals surface area contributed by atoms with Crippen molar-refractivity contribution in [2.75, 3.05) is 33.2 Å². The normalized spacial score (nSPS) is 16.8. The van der Waals surface area contributed by atoms with Crippen LogP contribution < -0.4 is 0 Å². The smallest absolute Gasteiger partial charge is 0.207 e. The molecule has 1 aliphatic heterocycles. The number of piperazine rings is 1. The Bertz CT molecular complexity index is 1070. The molecule has 1 saturated heterocycles. The number of sulfone groups is 1. The molecule has 0 spiro atoms. The topological polar surface area (TPSA) is 56.4 Å². The van der Waals surface area contributed by atoms with Gasteiger partial charge in [-0.15, -0.1) is 0 Å². The lowest BCUT2D eigenvalue weighted by atomic mass is 10.1. The molecule has 1 aliphatic rings. The Labute approximate surface area is 168 Å². The molecule has 142 valence electrons. The maximum absolute atomic E-state index is 13.1. The van der Waals surface area contributed by atoms with Gasteiger partial charge in [0.1, 0.15) is 0 Å². The SMILES string of the molecule is CN1CCN(Cc2c[nH]c3ccc(S(=O)(=O)c4ccccc4Br)cc23)CC1. The van der Waals surface area contributed by atoms with Gasteiger partial charge >= 0.3 is 0 Å². The maximum atomic E-state index is 13.1. The largest absolute Gasteiger partial charge is 0.361 e. The van der Waals surface area contributed by atoms with Gasteiger partial charge in [-0.25, -0.2) is 8.42 Å². The Morgan fingerprint density at radius 2 is 1.81 bits per heavy atom. The fourth-order valence-corrected chi connectivity index (χ4v) is 5.77. The average Bonchev–Trinajstić information content (AvgIpc) is 3.06. The highest BCUT2D eigenvalue weighted by molar-refractivity contribution is 9.10. The average molecular weight is 448 g/mol. The Hall–Kier alpha value is -1.67. The van der Waals surface area contributed by atoms with E-state index in [9.17, 15) is 8.42 Å². The highest BCUT2D eigenvalue weighted by Crippen LogP contribution is 2.30. The Balaban J connectivity index is 1.69. The summed E-state index contributed by atoms with van der Waals surface area (Å²) in [7, 11) is -1.44. The number of likely N-dealkylation sites (N-methyl/N-ethyl adjacent to an activating group) is 1. The van der Waals surface area contributed by atoms with Crippen molar-refractivity contribution < 1.29 is 8.42 Å². The van der Waals surface area contributed by atoms with Gasteiger partial charge in [-0.3, -0.25) is 4.90 Å². The van der Waals surface area contributed by atoms with Crippen LogP contribution in [0.1, 0.15) is 5.56 Å². The molecule has 0 radical (unpaired) electrons. The molecular formula is C20H22BrN3O2S. The summed E-state index contributed by atoms with van der Waals surface area (Å²) in [6.45, 7) is 5.00. The molecule has 7 heteroatoms. The summed E-state index contributed by atoms with van der Waals surface area (Å²) in [5.41, 5.74) is 2.10. The third kappa shape index (κ3) is 3.69. The van der Waals surface area contributed by atoms with E-state index in [2.05, 4.69) is 37.8 Å². The van der Waals surface area contributed by atoms with Crippen molar-refractivity contribution in [3.63, 3.8) is 0 Å². The zero-order chi connectivity index (χ0) is 19.0. The van der Waals surface area contributed by atoms with Gasteiger partial charge in [0.05, 0.1) is 9.79 Å². The Morgan fingerprint density at radius 1 is 1.07 bits per heavy atom. The van der Waals surface area contributed by atoms with E-state index in [0.717, 1.165) is 49.2 Å². The van der Waals surface area contributed by atoms with Gasteiger partial charge in [-0.1, -0.05) is 12.1 Å². The predicted octanol–water partition coefficient (Wildman–Crippen LogP) is 3.51. The predicted molar refractivity (Wildman–Crippen MR) is 111 cm³/mol.